The van der Waals surface area contributed by atoms with Crippen LogP contribution in [0.5, 0.6) is 0 Å². The molecule has 0 bridgehead atoms. The molecular weight excluding hydrogens is 474 g/mol. The van der Waals surface area contributed by atoms with E-state index in [4.69, 9.17) is 0 Å². The van der Waals surface area contributed by atoms with Gasteiger partial charge in [-0.2, -0.15) is 5.26 Å². The second-order valence-electron chi connectivity index (χ2n) is 8.21. The fraction of sp³-hybridized carbons (Fsp3) is 0.409. The Bertz CT molecular complexity index is 1370. The number of alkyl halides is 2. The molecule has 0 unspecified atom stereocenters. The van der Waals surface area contributed by atoms with Crippen LogP contribution in [-0.4, -0.2) is 42.3 Å². The number of halogens is 4. The summed E-state index contributed by atoms with van der Waals surface area (Å²) in [6.07, 6.45) is 5.09. The van der Waals surface area contributed by atoms with E-state index in [0.29, 0.717) is 12.8 Å². The summed E-state index contributed by atoms with van der Waals surface area (Å²) >= 11 is 0. The first-order valence-electron chi connectivity index (χ1n) is 10.6. The Kier molecular flexibility index (Phi) is 6.60. The Morgan fingerprint density at radius 2 is 1.82 bits per heavy atom. The van der Waals surface area contributed by atoms with Crippen molar-refractivity contribution in [3.05, 3.63) is 41.2 Å². The van der Waals surface area contributed by atoms with Crippen LogP contribution < -0.4 is 4.72 Å². The molecule has 0 saturated heterocycles. The number of nitrogens with one attached hydrogen (secondary N) is 1. The highest BCUT2D eigenvalue weighted by Gasteiger charge is 2.31. The van der Waals surface area contributed by atoms with Crippen molar-refractivity contribution < 1.29 is 26.0 Å². The first-order chi connectivity index (χ1) is 16.2. The van der Waals surface area contributed by atoms with Gasteiger partial charge in [0.2, 0.25) is 10.0 Å². The van der Waals surface area contributed by atoms with Gasteiger partial charge >= 0.3 is 0 Å². The lowest BCUT2D eigenvalue weighted by atomic mass is 10.1. The topological polar surface area (TPSA) is 101 Å². The highest BCUT2D eigenvalue weighted by Crippen LogP contribution is 2.42. The van der Waals surface area contributed by atoms with Crippen molar-refractivity contribution >= 4 is 20.9 Å². The van der Waals surface area contributed by atoms with E-state index in [1.165, 1.54) is 6.92 Å². The molecule has 34 heavy (non-hydrogen) atoms. The van der Waals surface area contributed by atoms with Crippen molar-refractivity contribution in [2.45, 2.75) is 49.6 Å². The van der Waals surface area contributed by atoms with Crippen molar-refractivity contribution in [3.63, 3.8) is 0 Å². The van der Waals surface area contributed by atoms with Gasteiger partial charge in [-0.05, 0) is 25.8 Å². The lowest BCUT2D eigenvalue weighted by Gasteiger charge is -2.18. The molecular formula is C22H21F4N5O2S. The number of nitriles is 1. The van der Waals surface area contributed by atoms with E-state index in [1.54, 1.807) is 4.57 Å². The largest absolute Gasteiger partial charge is 0.331 e. The predicted molar refractivity (Wildman–Crippen MR) is 116 cm³/mol. The van der Waals surface area contributed by atoms with Crippen LogP contribution in [0.2, 0.25) is 0 Å². The summed E-state index contributed by atoms with van der Waals surface area (Å²) < 4.78 is 83.5. The Balaban J connectivity index is 1.90. The van der Waals surface area contributed by atoms with Gasteiger partial charge in [-0.1, -0.05) is 12.8 Å². The number of hydrogen-bond acceptors (Lipinski definition) is 5. The van der Waals surface area contributed by atoms with Gasteiger partial charge in [0.05, 0.1) is 29.5 Å². The van der Waals surface area contributed by atoms with Crippen LogP contribution in [0.4, 0.5) is 17.6 Å². The zero-order chi connectivity index (χ0) is 24.6. The summed E-state index contributed by atoms with van der Waals surface area (Å²) in [7, 11) is -4.30. The molecule has 1 saturated carbocycles. The van der Waals surface area contributed by atoms with E-state index < -0.39 is 45.9 Å². The Labute approximate surface area is 193 Å². The van der Waals surface area contributed by atoms with Gasteiger partial charge in [-0.3, -0.25) is 0 Å². The number of rotatable bonds is 7. The molecule has 0 spiro atoms. The summed E-state index contributed by atoms with van der Waals surface area (Å²) in [5.74, 6) is -1.62. The van der Waals surface area contributed by atoms with Crippen molar-refractivity contribution in [3.8, 4) is 17.6 Å². The van der Waals surface area contributed by atoms with Crippen molar-refractivity contribution in [1.29, 1.82) is 5.26 Å². The maximum absolute atomic E-state index is 15.3. The van der Waals surface area contributed by atoms with Gasteiger partial charge in [-0.25, -0.2) is 40.7 Å². The molecule has 2 heterocycles. The number of nitrogens with zero attached hydrogens (tertiary/aromatic N) is 4. The molecule has 3 aromatic rings. The molecule has 12 heteroatoms. The minimum absolute atomic E-state index is 0.0247. The van der Waals surface area contributed by atoms with Gasteiger partial charge in [0, 0.05) is 17.0 Å². The van der Waals surface area contributed by atoms with Gasteiger partial charge in [0.15, 0.2) is 11.6 Å². The molecule has 180 valence electrons. The zero-order valence-electron chi connectivity index (χ0n) is 18.2. The molecule has 1 aliphatic carbocycles. The SMILES string of the molecule is Cc1c(F)cc2c(C#N)c(-c3ncc(S(=O)(=O)NC(CF)CF)cn3)n(C3CCCC3)c2c1F. The maximum atomic E-state index is 15.3. The molecule has 0 aliphatic heterocycles. The van der Waals surface area contributed by atoms with Crippen molar-refractivity contribution in [1.82, 2.24) is 19.3 Å². The summed E-state index contributed by atoms with van der Waals surface area (Å²) in [5.41, 5.74) is 0.0380. The standard InChI is InChI=1S/C22H21F4N5O2S/c1-12-18(25)6-16-17(9-27)21(31(20(16)19(12)26)14-4-2-3-5-14)22-28-10-15(11-29-22)34(32,33)30-13(7-23)8-24/h6,10-11,13-14,30H,2-5,7-8H2,1H3. The van der Waals surface area contributed by atoms with Crippen LogP contribution >= 0.6 is 0 Å². The van der Waals surface area contributed by atoms with Gasteiger partial charge < -0.3 is 4.57 Å². The van der Waals surface area contributed by atoms with Crippen LogP contribution in [0.3, 0.4) is 0 Å². The number of aromatic nitrogens is 3. The molecule has 2 aromatic heterocycles. The van der Waals surface area contributed by atoms with E-state index in [1.807, 2.05) is 10.8 Å². The second kappa shape index (κ2) is 9.31. The molecule has 1 aromatic carbocycles. The third-order valence-corrected chi connectivity index (χ3v) is 7.53. The first kappa shape index (κ1) is 24.1. The van der Waals surface area contributed by atoms with Crippen LogP contribution in [0.1, 0.15) is 42.9 Å². The van der Waals surface area contributed by atoms with Crippen LogP contribution in [0.25, 0.3) is 22.4 Å². The van der Waals surface area contributed by atoms with E-state index in [0.717, 1.165) is 31.3 Å². The van der Waals surface area contributed by atoms with E-state index >= 15 is 4.39 Å². The van der Waals surface area contributed by atoms with Crippen LogP contribution in [0.15, 0.2) is 23.4 Å². The molecule has 0 amide bonds. The minimum atomic E-state index is -4.30. The highest BCUT2D eigenvalue weighted by atomic mass is 32.2. The quantitative estimate of drug-likeness (QED) is 0.494. The summed E-state index contributed by atoms with van der Waals surface area (Å²) in [5, 5.41) is 9.97. The fourth-order valence-corrected chi connectivity index (χ4v) is 5.40. The summed E-state index contributed by atoms with van der Waals surface area (Å²) in [6, 6.07) is 1.38. The average molecular weight is 496 g/mol. The van der Waals surface area contributed by atoms with Crippen LogP contribution in [0, 0.1) is 29.9 Å². The van der Waals surface area contributed by atoms with E-state index in [-0.39, 0.29) is 39.6 Å². The molecule has 0 atom stereocenters. The number of fused-ring (bicyclic) bond motifs is 1. The van der Waals surface area contributed by atoms with Crippen molar-refractivity contribution in [2.75, 3.05) is 13.3 Å². The zero-order valence-corrected chi connectivity index (χ0v) is 19.0. The maximum Gasteiger partial charge on any atom is 0.244 e. The van der Waals surface area contributed by atoms with Crippen molar-refractivity contribution in [2.24, 2.45) is 0 Å². The number of sulfonamides is 1. The van der Waals surface area contributed by atoms with Gasteiger partial charge in [0.25, 0.3) is 0 Å². The van der Waals surface area contributed by atoms with Gasteiger partial charge in [-0.15, -0.1) is 0 Å². The fourth-order valence-electron chi connectivity index (χ4n) is 4.32. The molecule has 7 nitrogen and oxygen atoms in total. The molecule has 4 rings (SSSR count). The molecule has 1 aliphatic rings. The third-order valence-electron chi connectivity index (χ3n) is 6.06. The molecule has 1 N–H and O–H groups in total. The minimum Gasteiger partial charge on any atom is -0.331 e. The highest BCUT2D eigenvalue weighted by molar-refractivity contribution is 7.89. The summed E-state index contributed by atoms with van der Waals surface area (Å²) in [4.78, 5) is 7.73. The van der Waals surface area contributed by atoms with E-state index in [2.05, 4.69) is 9.97 Å². The second-order valence-corrected chi connectivity index (χ2v) is 9.92. The lowest BCUT2D eigenvalue weighted by molar-refractivity contribution is 0.334. The normalized spacial score (nSPS) is 14.9. The molecule has 1 fully saturated rings. The number of benzene rings is 1. The third kappa shape index (κ3) is 4.03. The first-order valence-corrected chi connectivity index (χ1v) is 12.1. The Morgan fingerprint density at radius 1 is 1.21 bits per heavy atom. The number of hydrogen-bond donors (Lipinski definition) is 1. The van der Waals surface area contributed by atoms with Gasteiger partial charge in [0.1, 0.15) is 35.8 Å². The van der Waals surface area contributed by atoms with E-state index in [9.17, 15) is 26.9 Å². The average Bonchev–Trinajstić information content (AvgIpc) is 3.47. The Morgan fingerprint density at radius 3 is 2.38 bits per heavy atom. The summed E-state index contributed by atoms with van der Waals surface area (Å²) in [6.45, 7) is -1.15. The lowest BCUT2D eigenvalue weighted by Crippen LogP contribution is -2.38. The monoisotopic (exact) mass is 495 g/mol. The smallest absolute Gasteiger partial charge is 0.244 e. The Hall–Kier alpha value is -3.04. The predicted octanol–water partition coefficient (Wildman–Crippen LogP) is 4.26. The van der Waals surface area contributed by atoms with Crippen LogP contribution in [-0.2, 0) is 10.0 Å². The molecule has 0 radical (unpaired) electrons.